The molecule has 2 radical (unpaired) electrons. The standard InChI is InChI=1S/2C25H46P2.C6H12NO2.C6H10NO2.2C2H6O2.6ClH.2H2O.6Re/c2*1-5-13-22(14-6-1)26(23-15-7-2-8-16-23)21-27(24-17-9-3-10-18-24)25-19-11-4-12-20-25;2*8-6(9)5-1-3-7-4-2-5;2*1-2(3)4;;;;;;;;;;;;;;/h2*22-25H,1-21H2;5-6,8-9H,1-4H2;1,6,8-9H,2-4H2;2*2-4H,1H3;6*1H;2*1H2;;;;;;/q;;2*-1;;;;;;;;;;;;;2*+1;2*+2/p-2. The molecule has 8 aliphatic carbocycles. The van der Waals surface area contributed by atoms with Crippen molar-refractivity contribution in [3.8, 4) is 0 Å². The van der Waals surface area contributed by atoms with E-state index in [-0.39, 0.29) is 116 Å². The Morgan fingerprint density at radius 3 is 0.691 bits per heavy atom. The SMILES string of the molecule is C1CCC([PH+](C[PH+](C2CCCCC2)C2CCCCC2)C2CCCCC2)CC1.C1CCC([PH+](C[PH+](C2CCCCC2)C2CCCCC2)C2CCCCC2)CC1.CC(O)O.CC(O)O.O.O.OC(O)C1=CC[N-]CC1.OC(O)C1CC[N-]CC1.[Cl][Re]#[Re][Cl].[Cl][Re][Cl].[Cl][Re][Cl].[Re].[Re]. The smallest absolute Gasteiger partial charge is 0 e. The summed E-state index contributed by atoms with van der Waals surface area (Å²) in [4.78, 5) is 0. The third kappa shape index (κ3) is 51.2. The Hall–Kier alpha value is 6.69. The van der Waals surface area contributed by atoms with Crippen molar-refractivity contribution >= 4 is 88.9 Å². The van der Waals surface area contributed by atoms with Crippen LogP contribution in [0.15, 0.2) is 11.6 Å². The van der Waals surface area contributed by atoms with Crippen LogP contribution in [0.4, 0.5) is 0 Å². The van der Waals surface area contributed by atoms with Gasteiger partial charge >= 0.3 is 116 Å². The Labute approximate surface area is 658 Å². The molecule has 0 aromatic rings. The van der Waals surface area contributed by atoms with Gasteiger partial charge in [0.1, 0.15) is 12.6 Å². The second kappa shape index (κ2) is 71.3. The molecule has 28 heteroatoms. The van der Waals surface area contributed by atoms with Gasteiger partial charge in [-0.05, 0) is 231 Å². The van der Waals surface area contributed by atoms with Gasteiger partial charge in [0.05, 0.1) is 45.3 Å². The minimum atomic E-state index is -1.26. The van der Waals surface area contributed by atoms with E-state index in [0.717, 1.165) is 32.5 Å². The number of aliphatic hydroxyl groups excluding tert-OH is 4. The van der Waals surface area contributed by atoms with Gasteiger partial charge < -0.3 is 62.4 Å². The van der Waals surface area contributed by atoms with Gasteiger partial charge in [0.25, 0.3) is 0 Å². The quantitative estimate of drug-likeness (QED) is 0.0470. The van der Waals surface area contributed by atoms with Gasteiger partial charge in [0.2, 0.25) is 0 Å². The van der Waals surface area contributed by atoms with Gasteiger partial charge in [-0.25, -0.2) is 0 Å². The van der Waals surface area contributed by atoms with Gasteiger partial charge in [-0.1, -0.05) is 64.2 Å². The normalized spacial score (nSPS) is 21.7. The summed E-state index contributed by atoms with van der Waals surface area (Å²) in [6.45, 7) is 5.50. The topological polar surface area (TPSA) is 253 Å². The largest absolute Gasteiger partial charge is 0 e. The van der Waals surface area contributed by atoms with E-state index in [4.69, 9.17) is 98.0 Å². The zero-order chi connectivity index (χ0) is 66.0. The summed E-state index contributed by atoms with van der Waals surface area (Å²) in [5.41, 5.74) is 10.6. The first-order chi connectivity index (χ1) is 43.6. The van der Waals surface area contributed by atoms with Crippen LogP contribution in [-0.2, 0) is 99.3 Å². The Bertz CT molecular complexity index is 1490. The minimum absolute atomic E-state index is 0. The van der Waals surface area contributed by atoms with Gasteiger partial charge in [-0.2, -0.15) is 0 Å². The fourth-order valence-corrected chi connectivity index (χ4v) is 41.5. The first kappa shape index (κ1) is 105. The fraction of sp³-hybridized carbons (Fsp3) is 0.970. The van der Waals surface area contributed by atoms with Crippen LogP contribution in [0.5, 0.6) is 0 Å². The van der Waals surface area contributed by atoms with E-state index in [1.165, 1.54) is 59.1 Å². The van der Waals surface area contributed by atoms with Crippen LogP contribution >= 0.6 is 88.9 Å². The molecule has 94 heavy (non-hydrogen) atoms. The molecule has 1 saturated heterocycles. The molecule has 2 heterocycles. The van der Waals surface area contributed by atoms with E-state index in [0.29, 0.717) is 18.5 Å². The summed E-state index contributed by atoms with van der Waals surface area (Å²) >= 11 is -1.99. The first-order valence-electron chi connectivity index (χ1n) is 35.7. The average molecular weight is 2570 g/mol. The maximum atomic E-state index is 8.69. The zero-order valence-corrected chi connectivity index (χ0v) is 82.1. The van der Waals surface area contributed by atoms with E-state index in [1.807, 2.05) is 11.8 Å². The molecule has 0 bridgehead atoms. The maximum Gasteiger partial charge on any atom is 0 e. The summed E-state index contributed by atoms with van der Waals surface area (Å²) in [6.07, 6.45) is 63.5. The molecule has 10 aliphatic rings. The van der Waals surface area contributed by atoms with Crippen molar-refractivity contribution in [2.45, 2.75) is 360 Å². The third-order valence-electron chi connectivity index (χ3n) is 21.0. The van der Waals surface area contributed by atoms with Crippen LogP contribution in [-0.4, -0.2) is 160 Å². The van der Waals surface area contributed by atoms with Crippen molar-refractivity contribution in [2.75, 3.05) is 38.0 Å². The fourth-order valence-electron chi connectivity index (χ4n) is 16.6. The van der Waals surface area contributed by atoms with Gasteiger partial charge in [-0.15, -0.1) is 32.3 Å². The second-order valence-corrected chi connectivity index (χ2v) is 70.7. The predicted molar refractivity (Wildman–Crippen MR) is 396 cm³/mol. The van der Waals surface area contributed by atoms with Crippen LogP contribution in [0.25, 0.3) is 10.6 Å². The second-order valence-electron chi connectivity index (χ2n) is 27.3. The predicted octanol–water partition coefficient (Wildman–Crippen LogP) is 18.6. The monoisotopic (exact) mass is 2570 g/mol. The number of hydrogen-bond acceptors (Lipinski definition) is 8. The molecule has 0 aromatic carbocycles. The molecule has 570 valence electrons. The van der Waals surface area contributed by atoms with E-state index in [2.05, 4.69) is 10.6 Å². The number of piperidine rings is 1. The van der Waals surface area contributed by atoms with Crippen LogP contribution in [0, 0.1) is 5.92 Å². The van der Waals surface area contributed by atoms with E-state index >= 15 is 0 Å². The van der Waals surface area contributed by atoms with Gasteiger partial charge in [-0.3, -0.25) is 0 Å². The van der Waals surface area contributed by atoms with Crippen LogP contribution in [0.3, 0.4) is 0 Å². The van der Waals surface area contributed by atoms with Crippen molar-refractivity contribution in [2.24, 2.45) is 5.92 Å². The molecule has 0 spiro atoms. The number of halogens is 6. The molecule has 0 unspecified atom stereocenters. The molecule has 12 N–H and O–H groups in total. The van der Waals surface area contributed by atoms with E-state index < -0.39 is 57.0 Å². The van der Waals surface area contributed by atoms with Crippen molar-refractivity contribution in [1.29, 1.82) is 0 Å². The minimum Gasteiger partial charge on any atom is 0 e. The Morgan fingerprint density at radius 1 is 0.362 bits per heavy atom. The number of rotatable bonds is 14. The molecule has 2 aliphatic heterocycles. The van der Waals surface area contributed by atoms with Gasteiger partial charge in [0, 0.05) is 78.4 Å². The molecule has 10 rings (SSSR count). The first-order valence-corrected chi connectivity index (χ1v) is 72.8. The van der Waals surface area contributed by atoms with E-state index in [9.17, 15) is 0 Å². The molecule has 12 nitrogen and oxygen atoms in total. The van der Waals surface area contributed by atoms with Gasteiger partial charge in [0.15, 0.2) is 24.4 Å². The van der Waals surface area contributed by atoms with Crippen LogP contribution in [0.1, 0.15) is 290 Å². The molecular formula is C66H134Cl6N2O10P4Re6+2. The zero-order valence-electron chi connectivity index (χ0n) is 57.2. The van der Waals surface area contributed by atoms with Crippen molar-refractivity contribution < 1.29 is 151 Å². The Kier molecular flexibility index (Phi) is 79.5. The number of nitrogens with zero attached hydrogens (tertiary/aromatic N) is 2. The molecule has 0 atom stereocenters. The maximum absolute atomic E-state index is 8.69. The molecule has 8 saturated carbocycles. The van der Waals surface area contributed by atoms with E-state index in [1.54, 1.807) is 263 Å². The summed E-state index contributed by atoms with van der Waals surface area (Å²) in [5, 5.41) is 73.2. The summed E-state index contributed by atoms with van der Waals surface area (Å²) < 4.78 is 0. The molecule has 9 fully saturated rings. The summed E-state index contributed by atoms with van der Waals surface area (Å²) in [7, 11) is 29.8. The number of hydrogen-bond donors (Lipinski definition) is 8. The molecule has 0 amide bonds. The van der Waals surface area contributed by atoms with Crippen molar-refractivity contribution in [1.82, 2.24) is 0 Å². The van der Waals surface area contributed by atoms with Crippen molar-refractivity contribution in [3.05, 3.63) is 22.3 Å². The molecular weight excluding hydrogens is 2430 g/mol. The number of aliphatic hydroxyl groups is 8. The Balaban J connectivity index is -0.00000114. The Morgan fingerprint density at radius 2 is 0.564 bits per heavy atom. The average Bonchev–Trinajstić information content (AvgIpc) is 0.889. The summed E-state index contributed by atoms with van der Waals surface area (Å²) in [6, 6.07) is 0. The summed E-state index contributed by atoms with van der Waals surface area (Å²) in [5.74, 6) is 3.79. The van der Waals surface area contributed by atoms with Crippen LogP contribution < -0.4 is 0 Å². The van der Waals surface area contributed by atoms with Crippen LogP contribution in [0.2, 0.25) is 0 Å². The third-order valence-corrected chi connectivity index (χ3v) is 52.8. The molecule has 0 aromatic heterocycles. The van der Waals surface area contributed by atoms with Crippen molar-refractivity contribution in [3.63, 3.8) is 0 Å².